The molecule has 6 heteroatoms. The van der Waals surface area contributed by atoms with Crippen LogP contribution < -0.4 is 5.32 Å². The van der Waals surface area contributed by atoms with Gasteiger partial charge in [-0.15, -0.1) is 0 Å². The molecular weight excluding hydrogens is 276 g/mol. The summed E-state index contributed by atoms with van der Waals surface area (Å²) in [5.41, 5.74) is 0.910. The van der Waals surface area contributed by atoms with Gasteiger partial charge in [-0.2, -0.15) is 0 Å². The van der Waals surface area contributed by atoms with E-state index in [4.69, 9.17) is 16.0 Å². The van der Waals surface area contributed by atoms with Gasteiger partial charge < -0.3 is 14.7 Å². The lowest BCUT2D eigenvalue weighted by Gasteiger charge is -2.09. The predicted octanol–water partition coefficient (Wildman–Crippen LogP) is 3.55. The quantitative estimate of drug-likeness (QED) is 0.820. The van der Waals surface area contributed by atoms with Gasteiger partial charge in [-0.05, 0) is 20.3 Å². The van der Waals surface area contributed by atoms with Crippen molar-refractivity contribution in [2.45, 2.75) is 52.6 Å². The van der Waals surface area contributed by atoms with E-state index in [9.17, 15) is 0 Å². The van der Waals surface area contributed by atoms with Crippen LogP contribution in [-0.2, 0) is 13.0 Å². The number of nitrogens with one attached hydrogen (secondary N) is 2. The number of imidazole rings is 1. The fourth-order valence-corrected chi connectivity index (χ4v) is 2.15. The van der Waals surface area contributed by atoms with E-state index in [1.54, 1.807) is 6.20 Å². The van der Waals surface area contributed by atoms with Crippen molar-refractivity contribution in [2.24, 2.45) is 0 Å². The summed E-state index contributed by atoms with van der Waals surface area (Å²) < 4.78 is 5.49. The lowest BCUT2D eigenvalue weighted by Crippen LogP contribution is -2.18. The number of aromatic nitrogens is 3. The van der Waals surface area contributed by atoms with Gasteiger partial charge in [-0.25, -0.2) is 9.97 Å². The molecule has 2 aromatic heterocycles. The van der Waals surface area contributed by atoms with Crippen LogP contribution in [0, 0.1) is 6.92 Å². The molecule has 0 radical (unpaired) electrons. The number of unbranched alkanes of at least 4 members (excludes halogenated alkanes) is 1. The van der Waals surface area contributed by atoms with Crippen LogP contribution in [0.2, 0.25) is 5.15 Å². The van der Waals surface area contributed by atoms with Crippen molar-refractivity contribution in [1.29, 1.82) is 0 Å². The van der Waals surface area contributed by atoms with Crippen molar-refractivity contribution < 1.29 is 4.42 Å². The second-order valence-electron chi connectivity index (χ2n) is 4.97. The summed E-state index contributed by atoms with van der Waals surface area (Å²) in [5.74, 6) is 2.45. The van der Waals surface area contributed by atoms with E-state index >= 15 is 0 Å². The molecule has 0 amide bonds. The van der Waals surface area contributed by atoms with Gasteiger partial charge in [0.05, 0.1) is 17.9 Å². The van der Waals surface area contributed by atoms with Gasteiger partial charge in [0.15, 0.2) is 5.15 Å². The summed E-state index contributed by atoms with van der Waals surface area (Å²) in [7, 11) is 0. The predicted molar refractivity (Wildman–Crippen MR) is 78.7 cm³/mol. The fourth-order valence-electron chi connectivity index (χ4n) is 1.93. The highest BCUT2D eigenvalue weighted by Gasteiger charge is 2.13. The van der Waals surface area contributed by atoms with Crippen molar-refractivity contribution >= 4 is 11.6 Å². The number of nitrogens with zero attached hydrogens (tertiary/aromatic N) is 2. The molecule has 0 aliphatic carbocycles. The van der Waals surface area contributed by atoms with Crippen LogP contribution in [0.25, 0.3) is 0 Å². The van der Waals surface area contributed by atoms with Crippen LogP contribution in [0.15, 0.2) is 10.6 Å². The molecule has 0 bridgehead atoms. The number of hydrogen-bond acceptors (Lipinski definition) is 4. The third-order valence-electron chi connectivity index (χ3n) is 3.14. The molecule has 2 N–H and O–H groups in total. The fraction of sp³-hybridized carbons (Fsp3) is 0.571. The van der Waals surface area contributed by atoms with E-state index in [-0.39, 0.29) is 6.04 Å². The highest BCUT2D eigenvalue weighted by atomic mass is 35.5. The Labute approximate surface area is 124 Å². The molecule has 0 fully saturated rings. The Morgan fingerprint density at radius 1 is 1.50 bits per heavy atom. The summed E-state index contributed by atoms with van der Waals surface area (Å²) in [6.45, 7) is 6.66. The largest absolute Gasteiger partial charge is 0.444 e. The summed E-state index contributed by atoms with van der Waals surface area (Å²) in [6, 6.07) is 0.0298. The van der Waals surface area contributed by atoms with E-state index in [1.807, 2.05) is 13.8 Å². The molecule has 1 unspecified atom stereocenters. The molecule has 2 aromatic rings. The van der Waals surface area contributed by atoms with Crippen molar-refractivity contribution in [1.82, 2.24) is 20.3 Å². The third kappa shape index (κ3) is 3.84. The second kappa shape index (κ2) is 6.90. The lowest BCUT2D eigenvalue weighted by molar-refractivity contribution is 0.401. The summed E-state index contributed by atoms with van der Waals surface area (Å²) in [6.07, 6.45) is 4.92. The molecule has 0 aliphatic heterocycles. The van der Waals surface area contributed by atoms with Crippen LogP contribution in [0.3, 0.4) is 0 Å². The molecule has 110 valence electrons. The van der Waals surface area contributed by atoms with Crippen LogP contribution in [0.5, 0.6) is 0 Å². The lowest BCUT2D eigenvalue weighted by atomic mass is 10.2. The number of aryl methyl sites for hydroxylation is 2. The first-order chi connectivity index (χ1) is 9.60. The van der Waals surface area contributed by atoms with Crippen molar-refractivity contribution in [3.8, 4) is 0 Å². The Morgan fingerprint density at radius 3 is 2.95 bits per heavy atom. The maximum absolute atomic E-state index is 6.14. The average Bonchev–Trinajstić information content (AvgIpc) is 3.00. The van der Waals surface area contributed by atoms with Crippen LogP contribution in [0.4, 0.5) is 0 Å². The average molecular weight is 297 g/mol. The molecule has 2 heterocycles. The molecule has 20 heavy (non-hydrogen) atoms. The molecule has 5 nitrogen and oxygen atoms in total. The Morgan fingerprint density at radius 2 is 2.30 bits per heavy atom. The first kappa shape index (κ1) is 15.1. The number of hydrogen-bond donors (Lipinski definition) is 2. The van der Waals surface area contributed by atoms with Crippen LogP contribution in [-0.4, -0.2) is 15.0 Å². The number of halogens is 1. The minimum Gasteiger partial charge on any atom is -0.444 e. The normalized spacial score (nSPS) is 12.8. The molecule has 0 saturated carbocycles. The second-order valence-corrected chi connectivity index (χ2v) is 5.33. The monoisotopic (exact) mass is 296 g/mol. The molecule has 0 aromatic carbocycles. The Kier molecular flexibility index (Phi) is 5.20. The van der Waals surface area contributed by atoms with Gasteiger partial charge in [0, 0.05) is 13.0 Å². The number of H-pyrrole nitrogens is 1. The number of rotatable bonds is 7. The smallest absolute Gasteiger partial charge is 0.211 e. The van der Waals surface area contributed by atoms with E-state index in [0.717, 1.165) is 36.5 Å². The minimum atomic E-state index is 0.0298. The molecule has 0 spiro atoms. The summed E-state index contributed by atoms with van der Waals surface area (Å²) >= 11 is 6.14. The standard InChI is InChI=1S/C14H21ClN4O/c1-4-5-6-12-18-11(13(15)19-12)8-16-10(3)14-17-7-9(2)20-14/h7,10,16H,4-6,8H2,1-3H3,(H,18,19). The number of oxazole rings is 1. The third-order valence-corrected chi connectivity index (χ3v) is 3.45. The summed E-state index contributed by atoms with van der Waals surface area (Å²) in [5, 5.41) is 3.87. The Bertz CT molecular complexity index is 549. The van der Waals surface area contributed by atoms with Gasteiger partial charge >= 0.3 is 0 Å². The molecule has 0 saturated heterocycles. The zero-order valence-electron chi connectivity index (χ0n) is 12.2. The van der Waals surface area contributed by atoms with E-state index in [0.29, 0.717) is 17.6 Å². The Hall–Kier alpha value is -1.33. The zero-order valence-corrected chi connectivity index (χ0v) is 12.9. The van der Waals surface area contributed by atoms with Gasteiger partial charge in [0.25, 0.3) is 0 Å². The SMILES string of the molecule is CCCCc1nc(Cl)c(CNC(C)c2ncc(C)o2)[nH]1. The van der Waals surface area contributed by atoms with Crippen molar-refractivity contribution in [3.63, 3.8) is 0 Å². The maximum atomic E-state index is 6.14. The van der Waals surface area contributed by atoms with Crippen molar-refractivity contribution in [2.75, 3.05) is 0 Å². The Balaban J connectivity index is 1.91. The van der Waals surface area contributed by atoms with Gasteiger partial charge in [-0.1, -0.05) is 24.9 Å². The topological polar surface area (TPSA) is 66.7 Å². The van der Waals surface area contributed by atoms with Crippen LogP contribution >= 0.6 is 11.6 Å². The molecule has 1 atom stereocenters. The number of aromatic amines is 1. The molecule has 2 rings (SSSR count). The zero-order chi connectivity index (χ0) is 14.5. The van der Waals surface area contributed by atoms with Crippen LogP contribution in [0.1, 0.15) is 55.9 Å². The highest BCUT2D eigenvalue weighted by Crippen LogP contribution is 2.17. The first-order valence-electron chi connectivity index (χ1n) is 6.99. The van der Waals surface area contributed by atoms with E-state index in [1.165, 1.54) is 0 Å². The summed E-state index contributed by atoms with van der Waals surface area (Å²) in [4.78, 5) is 11.8. The minimum absolute atomic E-state index is 0.0298. The highest BCUT2D eigenvalue weighted by molar-refractivity contribution is 6.30. The van der Waals surface area contributed by atoms with Gasteiger partial charge in [-0.3, -0.25) is 0 Å². The van der Waals surface area contributed by atoms with Gasteiger partial charge in [0.1, 0.15) is 11.6 Å². The molecular formula is C14H21ClN4O. The van der Waals surface area contributed by atoms with Gasteiger partial charge in [0.2, 0.25) is 5.89 Å². The van der Waals surface area contributed by atoms with E-state index < -0.39 is 0 Å². The van der Waals surface area contributed by atoms with E-state index in [2.05, 4.69) is 27.2 Å². The first-order valence-corrected chi connectivity index (χ1v) is 7.37. The van der Waals surface area contributed by atoms with Crippen molar-refractivity contribution in [3.05, 3.63) is 34.5 Å². The molecule has 0 aliphatic rings. The maximum Gasteiger partial charge on any atom is 0.211 e.